The molecule has 1 heterocycles. The summed E-state index contributed by atoms with van der Waals surface area (Å²) < 4.78 is 0. The molecule has 1 fully saturated rings. The van der Waals surface area contributed by atoms with Gasteiger partial charge >= 0.3 is 6.47 Å². The molecule has 2 rings (SSSR count). The van der Waals surface area contributed by atoms with Crippen LogP contribution in [0.5, 0.6) is 0 Å². The molecule has 0 aromatic rings. The molecule has 3 amide bonds. The van der Waals surface area contributed by atoms with Crippen molar-refractivity contribution in [1.82, 2.24) is 10.6 Å². The first-order valence-corrected chi connectivity index (χ1v) is 6.13. The van der Waals surface area contributed by atoms with Crippen LogP contribution in [-0.4, -0.2) is 36.3 Å². The van der Waals surface area contributed by atoms with Gasteiger partial charge in [0.2, 0.25) is 17.7 Å². The van der Waals surface area contributed by atoms with Crippen molar-refractivity contribution in [3.63, 3.8) is 0 Å². The molecule has 8 nitrogen and oxygen atoms in total. The molecule has 0 radical (unpaired) electrons. The van der Waals surface area contributed by atoms with Gasteiger partial charge in [-0.3, -0.25) is 24.5 Å². The molecule has 2 aliphatic rings. The number of carbonyl (C=O) groups is 4. The van der Waals surface area contributed by atoms with Crippen molar-refractivity contribution >= 4 is 24.2 Å². The van der Waals surface area contributed by atoms with Crippen molar-refractivity contribution in [2.75, 3.05) is 0 Å². The maximum atomic E-state index is 12.0. The van der Waals surface area contributed by atoms with Gasteiger partial charge in [-0.15, -0.1) is 0 Å². The van der Waals surface area contributed by atoms with Crippen LogP contribution in [0.3, 0.4) is 0 Å². The minimum Gasteiger partial charge on any atom is -0.340 e. The van der Waals surface area contributed by atoms with Crippen molar-refractivity contribution in [1.29, 1.82) is 0 Å². The smallest absolute Gasteiger partial charge is 0.330 e. The molecule has 1 saturated heterocycles. The standard InChI is InChI=1S/C12H14N2O6/c1-6-7(4-9(6)20-19-5-15)11(17)13-8-2-3-10(16)14-12(8)18/h5,8-9H,2-4H2,1H3,(H,13,17)(H,14,16,18)/t8?,9-/m0/s1. The summed E-state index contributed by atoms with van der Waals surface area (Å²) in [5.41, 5.74) is 1.14. The summed E-state index contributed by atoms with van der Waals surface area (Å²) in [5.74, 6) is -1.20. The predicted octanol–water partition coefficient (Wildman–Crippen LogP) is -0.899. The number of rotatable bonds is 5. The van der Waals surface area contributed by atoms with Crippen LogP contribution in [0.4, 0.5) is 0 Å². The summed E-state index contributed by atoms with van der Waals surface area (Å²) in [7, 11) is 0. The molecule has 0 spiro atoms. The Bertz CT molecular complexity index is 498. The lowest BCUT2D eigenvalue weighted by atomic mass is 9.85. The number of hydrogen-bond donors (Lipinski definition) is 2. The summed E-state index contributed by atoms with van der Waals surface area (Å²) in [6.07, 6.45) is 0.367. The van der Waals surface area contributed by atoms with Crippen LogP contribution in [0.25, 0.3) is 0 Å². The van der Waals surface area contributed by atoms with Crippen molar-refractivity contribution in [2.45, 2.75) is 38.3 Å². The second kappa shape index (κ2) is 5.83. The highest BCUT2D eigenvalue weighted by Gasteiger charge is 2.35. The normalized spacial score (nSPS) is 25.6. The van der Waals surface area contributed by atoms with E-state index in [4.69, 9.17) is 4.89 Å². The zero-order valence-electron chi connectivity index (χ0n) is 10.8. The third-order valence-electron chi connectivity index (χ3n) is 3.38. The fourth-order valence-electron chi connectivity index (χ4n) is 2.11. The largest absolute Gasteiger partial charge is 0.340 e. The zero-order valence-corrected chi connectivity index (χ0v) is 10.8. The minimum atomic E-state index is -0.702. The van der Waals surface area contributed by atoms with E-state index in [1.165, 1.54) is 0 Å². The highest BCUT2D eigenvalue weighted by atomic mass is 17.2. The number of piperidine rings is 1. The Morgan fingerprint density at radius 3 is 2.80 bits per heavy atom. The second-order valence-corrected chi connectivity index (χ2v) is 4.62. The Morgan fingerprint density at radius 2 is 2.20 bits per heavy atom. The first-order valence-electron chi connectivity index (χ1n) is 6.13. The highest BCUT2D eigenvalue weighted by molar-refractivity contribution is 6.04. The molecular formula is C12H14N2O6. The first kappa shape index (κ1) is 14.2. The van der Waals surface area contributed by atoms with Gasteiger partial charge in [-0.2, -0.15) is 4.89 Å². The van der Waals surface area contributed by atoms with Gasteiger partial charge < -0.3 is 10.2 Å². The number of hydrogen-bond acceptors (Lipinski definition) is 6. The van der Waals surface area contributed by atoms with Gasteiger partial charge in [-0.25, -0.2) is 0 Å². The van der Waals surface area contributed by atoms with E-state index in [2.05, 4.69) is 15.5 Å². The Kier molecular flexibility index (Phi) is 4.14. The van der Waals surface area contributed by atoms with Gasteiger partial charge in [0, 0.05) is 18.4 Å². The lowest BCUT2D eigenvalue weighted by Crippen LogP contribution is -2.53. The SMILES string of the molecule is CC1=C(C(=O)NC2CCC(=O)NC2=O)C[C@@H]1OOC=O. The van der Waals surface area contributed by atoms with E-state index in [0.717, 1.165) is 0 Å². The number of imide groups is 1. The van der Waals surface area contributed by atoms with E-state index in [9.17, 15) is 19.2 Å². The number of carbonyl (C=O) groups excluding carboxylic acids is 4. The van der Waals surface area contributed by atoms with Crippen LogP contribution in [0, 0.1) is 0 Å². The van der Waals surface area contributed by atoms with Crippen molar-refractivity contribution in [2.24, 2.45) is 0 Å². The topological polar surface area (TPSA) is 111 Å². The summed E-state index contributed by atoms with van der Waals surface area (Å²) in [5, 5.41) is 4.74. The third kappa shape index (κ3) is 2.85. The van der Waals surface area contributed by atoms with E-state index in [1.807, 2.05) is 0 Å². The van der Waals surface area contributed by atoms with Gasteiger partial charge in [0.05, 0.1) is 0 Å². The lowest BCUT2D eigenvalue weighted by molar-refractivity contribution is -0.281. The van der Waals surface area contributed by atoms with Crippen molar-refractivity contribution < 1.29 is 29.0 Å². The Labute approximate surface area is 114 Å². The summed E-state index contributed by atoms with van der Waals surface area (Å²) >= 11 is 0. The molecule has 8 heteroatoms. The first-order chi connectivity index (χ1) is 9.52. The van der Waals surface area contributed by atoms with Gasteiger partial charge in [0.15, 0.2) is 0 Å². The van der Waals surface area contributed by atoms with E-state index in [-0.39, 0.29) is 31.1 Å². The third-order valence-corrected chi connectivity index (χ3v) is 3.38. The lowest BCUT2D eigenvalue weighted by Gasteiger charge is -2.30. The van der Waals surface area contributed by atoms with E-state index in [1.54, 1.807) is 6.92 Å². The average molecular weight is 282 g/mol. The molecule has 0 aromatic heterocycles. The van der Waals surface area contributed by atoms with Crippen LogP contribution in [0.1, 0.15) is 26.2 Å². The average Bonchev–Trinajstić information content (AvgIpc) is 2.40. The molecule has 1 aliphatic carbocycles. The van der Waals surface area contributed by atoms with Crippen LogP contribution >= 0.6 is 0 Å². The molecule has 0 saturated carbocycles. The summed E-state index contributed by atoms with van der Waals surface area (Å²) in [6, 6.07) is -0.702. The predicted molar refractivity (Wildman–Crippen MR) is 63.7 cm³/mol. The minimum absolute atomic E-state index is 0.161. The maximum absolute atomic E-state index is 12.0. The fraction of sp³-hybridized carbons (Fsp3) is 0.500. The molecule has 2 N–H and O–H groups in total. The number of nitrogens with one attached hydrogen (secondary N) is 2. The van der Waals surface area contributed by atoms with E-state index in [0.29, 0.717) is 17.6 Å². The van der Waals surface area contributed by atoms with Gasteiger partial charge in [0.1, 0.15) is 12.1 Å². The quantitative estimate of drug-likeness (QED) is 0.293. The van der Waals surface area contributed by atoms with Crippen molar-refractivity contribution in [3.05, 3.63) is 11.1 Å². The molecule has 2 atom stereocenters. The summed E-state index contributed by atoms with van der Waals surface area (Å²) in [6.45, 7) is 1.84. The van der Waals surface area contributed by atoms with Crippen LogP contribution in [0.15, 0.2) is 11.1 Å². The monoisotopic (exact) mass is 282 g/mol. The van der Waals surface area contributed by atoms with Gasteiger partial charge in [-0.05, 0) is 18.9 Å². The van der Waals surface area contributed by atoms with Gasteiger partial charge in [0.25, 0.3) is 0 Å². The Morgan fingerprint density at radius 1 is 1.45 bits per heavy atom. The Hall–Kier alpha value is -2.22. The Balaban J connectivity index is 1.90. The van der Waals surface area contributed by atoms with Crippen molar-refractivity contribution in [3.8, 4) is 0 Å². The van der Waals surface area contributed by atoms with E-state index < -0.39 is 18.1 Å². The van der Waals surface area contributed by atoms with Crippen LogP contribution in [0.2, 0.25) is 0 Å². The molecule has 1 unspecified atom stereocenters. The summed E-state index contributed by atoms with van der Waals surface area (Å²) in [4.78, 5) is 53.3. The maximum Gasteiger partial charge on any atom is 0.330 e. The molecule has 108 valence electrons. The highest BCUT2D eigenvalue weighted by Crippen LogP contribution is 2.31. The van der Waals surface area contributed by atoms with Crippen LogP contribution in [-0.2, 0) is 29.0 Å². The molecule has 20 heavy (non-hydrogen) atoms. The molecule has 1 aliphatic heterocycles. The van der Waals surface area contributed by atoms with E-state index >= 15 is 0 Å². The molecular weight excluding hydrogens is 268 g/mol. The second-order valence-electron chi connectivity index (χ2n) is 4.62. The van der Waals surface area contributed by atoms with Gasteiger partial charge in [-0.1, -0.05) is 0 Å². The zero-order chi connectivity index (χ0) is 14.7. The fourth-order valence-corrected chi connectivity index (χ4v) is 2.11. The molecule has 0 aromatic carbocycles. The number of amides is 3. The van der Waals surface area contributed by atoms with Crippen LogP contribution < -0.4 is 10.6 Å². The molecule has 0 bridgehead atoms.